The van der Waals surface area contributed by atoms with Crippen LogP contribution in [0.2, 0.25) is 0 Å². The van der Waals surface area contributed by atoms with Crippen molar-refractivity contribution in [3.8, 4) is 16.9 Å². The van der Waals surface area contributed by atoms with Crippen LogP contribution in [0.1, 0.15) is 80.9 Å². The van der Waals surface area contributed by atoms with Gasteiger partial charge in [0, 0.05) is 5.56 Å². The van der Waals surface area contributed by atoms with E-state index in [1.165, 1.54) is 81.2 Å². The van der Waals surface area contributed by atoms with E-state index in [2.05, 4.69) is 43.3 Å². The summed E-state index contributed by atoms with van der Waals surface area (Å²) < 4.78 is 33.3. The van der Waals surface area contributed by atoms with Crippen LogP contribution in [0.15, 0.2) is 72.8 Å². The van der Waals surface area contributed by atoms with E-state index in [1.807, 2.05) is 24.3 Å². The molecule has 37 heavy (non-hydrogen) atoms. The third-order valence-electron chi connectivity index (χ3n) is 7.83. The lowest BCUT2D eigenvalue weighted by Crippen LogP contribution is -2.11. The summed E-state index contributed by atoms with van der Waals surface area (Å²) in [6.45, 7) is 2.26. The largest absolute Gasteiger partial charge is 0.494 e. The van der Waals surface area contributed by atoms with Gasteiger partial charge in [0.05, 0.1) is 7.11 Å². The van der Waals surface area contributed by atoms with E-state index in [4.69, 9.17) is 4.74 Å². The van der Waals surface area contributed by atoms with Crippen molar-refractivity contribution in [2.45, 2.75) is 77.0 Å². The second kappa shape index (κ2) is 13.6. The molecule has 0 amide bonds. The number of aryl methyl sites for hydroxylation is 2. The predicted octanol–water partition coefficient (Wildman–Crippen LogP) is 9.84. The van der Waals surface area contributed by atoms with Crippen LogP contribution in [0.25, 0.3) is 11.1 Å². The first kappa shape index (κ1) is 27.1. The van der Waals surface area contributed by atoms with Crippen molar-refractivity contribution in [2.75, 3.05) is 7.11 Å². The summed E-state index contributed by atoms with van der Waals surface area (Å²) in [6.07, 6.45) is 16.8. The molecule has 3 aromatic rings. The van der Waals surface area contributed by atoms with Gasteiger partial charge in [-0.2, -0.15) is 4.39 Å². The van der Waals surface area contributed by atoms with E-state index in [0.29, 0.717) is 17.4 Å². The van der Waals surface area contributed by atoms with Crippen LogP contribution in [0.5, 0.6) is 5.75 Å². The van der Waals surface area contributed by atoms with E-state index in [9.17, 15) is 8.78 Å². The number of halogens is 2. The van der Waals surface area contributed by atoms with E-state index in [0.717, 1.165) is 12.8 Å². The highest BCUT2D eigenvalue weighted by molar-refractivity contribution is 5.65. The molecule has 0 unspecified atom stereocenters. The molecule has 3 aromatic carbocycles. The second-order valence-corrected chi connectivity index (χ2v) is 10.4. The first-order valence-corrected chi connectivity index (χ1v) is 14.0. The fourth-order valence-electron chi connectivity index (χ4n) is 5.48. The van der Waals surface area contributed by atoms with Gasteiger partial charge >= 0.3 is 0 Å². The molecule has 0 radical (unpaired) electrons. The third kappa shape index (κ3) is 7.31. The minimum absolute atomic E-state index is 0.0787. The van der Waals surface area contributed by atoms with Gasteiger partial charge < -0.3 is 4.74 Å². The van der Waals surface area contributed by atoms with Crippen LogP contribution < -0.4 is 4.74 Å². The van der Waals surface area contributed by atoms with Gasteiger partial charge in [0.1, 0.15) is 0 Å². The van der Waals surface area contributed by atoms with E-state index < -0.39 is 11.6 Å². The summed E-state index contributed by atoms with van der Waals surface area (Å²) in [5, 5.41) is 0. The number of allylic oxidation sites excluding steroid dienone is 2. The Labute approximate surface area is 221 Å². The first-order valence-electron chi connectivity index (χ1n) is 14.0. The molecular formula is C34H40F2O. The first-order chi connectivity index (χ1) is 18.1. The summed E-state index contributed by atoms with van der Waals surface area (Å²) in [5.74, 6) is -0.509. The Kier molecular flexibility index (Phi) is 9.93. The van der Waals surface area contributed by atoms with Crippen LogP contribution in [0, 0.1) is 17.6 Å². The summed E-state index contributed by atoms with van der Waals surface area (Å²) in [7, 11) is 1.33. The van der Waals surface area contributed by atoms with Crippen molar-refractivity contribution in [1.82, 2.24) is 0 Å². The highest BCUT2D eigenvalue weighted by Crippen LogP contribution is 2.36. The Bertz CT molecular complexity index is 1140. The average molecular weight is 503 g/mol. The molecule has 0 spiro atoms. The number of hydrogen-bond donors (Lipinski definition) is 0. The number of ether oxygens (including phenoxy) is 1. The van der Waals surface area contributed by atoms with Crippen LogP contribution in [-0.4, -0.2) is 7.11 Å². The summed E-state index contributed by atoms with van der Waals surface area (Å²) in [5.41, 5.74) is 5.11. The lowest BCUT2D eigenvalue weighted by atomic mass is 9.78. The molecule has 4 rings (SSSR count). The SMILES string of the molecule is CCCCCc1ccc(C2CCC(/C=C/CCc3ccc(-c4ccc(OC)c(F)c4F)cc3)CC2)cc1. The molecule has 1 fully saturated rings. The van der Waals surface area contributed by atoms with Gasteiger partial charge in [-0.25, -0.2) is 4.39 Å². The molecule has 0 N–H and O–H groups in total. The van der Waals surface area contributed by atoms with Gasteiger partial charge in [-0.1, -0.05) is 80.4 Å². The zero-order valence-corrected chi connectivity index (χ0v) is 22.3. The molecule has 0 atom stereocenters. The smallest absolute Gasteiger partial charge is 0.201 e. The van der Waals surface area contributed by atoms with E-state index in [-0.39, 0.29) is 11.3 Å². The third-order valence-corrected chi connectivity index (χ3v) is 7.83. The molecule has 0 bridgehead atoms. The van der Waals surface area contributed by atoms with Crippen molar-refractivity contribution >= 4 is 0 Å². The van der Waals surface area contributed by atoms with Crippen LogP contribution >= 0.6 is 0 Å². The van der Waals surface area contributed by atoms with Gasteiger partial charge in [0.2, 0.25) is 5.82 Å². The molecule has 1 aliphatic rings. The lowest BCUT2D eigenvalue weighted by Gasteiger charge is -2.27. The monoisotopic (exact) mass is 502 g/mol. The topological polar surface area (TPSA) is 9.23 Å². The number of unbranched alkanes of at least 4 members (excludes halogenated alkanes) is 2. The maximum absolute atomic E-state index is 14.4. The van der Waals surface area contributed by atoms with Gasteiger partial charge in [-0.3, -0.25) is 0 Å². The minimum Gasteiger partial charge on any atom is -0.494 e. The van der Waals surface area contributed by atoms with Gasteiger partial charge in [-0.05, 0) is 97.6 Å². The maximum atomic E-state index is 14.4. The van der Waals surface area contributed by atoms with Gasteiger partial charge in [0.25, 0.3) is 0 Å². The normalized spacial score (nSPS) is 17.8. The fourth-order valence-corrected chi connectivity index (χ4v) is 5.48. The Morgan fingerprint density at radius 3 is 2.14 bits per heavy atom. The Morgan fingerprint density at radius 1 is 0.784 bits per heavy atom. The molecule has 1 nitrogen and oxygen atoms in total. The quantitative estimate of drug-likeness (QED) is 0.187. The van der Waals surface area contributed by atoms with Crippen molar-refractivity contribution in [3.63, 3.8) is 0 Å². The standard InChI is InChI=1S/C34H40F2O/c1-3-4-5-8-25-11-17-28(18-12-25)29-19-13-26(14-20-29)9-6-7-10-27-15-21-30(22-16-27)31-23-24-32(37-2)34(36)33(31)35/h6,9,11-12,15-18,21-24,26,29H,3-5,7-8,10,13-14,19-20H2,1-2H3/b9-6+. The molecule has 3 heteroatoms. The fraction of sp³-hybridized carbons (Fsp3) is 0.412. The molecule has 0 aliphatic heterocycles. The molecule has 0 heterocycles. The van der Waals surface area contributed by atoms with Crippen molar-refractivity contribution in [2.24, 2.45) is 5.92 Å². The van der Waals surface area contributed by atoms with Crippen molar-refractivity contribution in [1.29, 1.82) is 0 Å². The number of hydrogen-bond acceptors (Lipinski definition) is 1. The molecule has 0 aromatic heterocycles. The van der Waals surface area contributed by atoms with Gasteiger partial charge in [0.15, 0.2) is 11.6 Å². The average Bonchev–Trinajstić information content (AvgIpc) is 2.94. The predicted molar refractivity (Wildman–Crippen MR) is 150 cm³/mol. The highest BCUT2D eigenvalue weighted by atomic mass is 19.2. The van der Waals surface area contributed by atoms with E-state index >= 15 is 0 Å². The minimum atomic E-state index is -0.945. The lowest BCUT2D eigenvalue weighted by molar-refractivity contribution is 0.372. The summed E-state index contributed by atoms with van der Waals surface area (Å²) in [4.78, 5) is 0. The Morgan fingerprint density at radius 2 is 1.46 bits per heavy atom. The molecule has 0 saturated heterocycles. The van der Waals surface area contributed by atoms with Crippen molar-refractivity contribution in [3.05, 3.63) is 101 Å². The Balaban J connectivity index is 1.21. The number of methoxy groups -OCH3 is 1. The Hall–Kier alpha value is -2.94. The van der Waals surface area contributed by atoms with Crippen molar-refractivity contribution < 1.29 is 13.5 Å². The van der Waals surface area contributed by atoms with Gasteiger partial charge in [-0.15, -0.1) is 0 Å². The molecule has 196 valence electrons. The number of benzene rings is 3. The second-order valence-electron chi connectivity index (χ2n) is 10.4. The van der Waals surface area contributed by atoms with Crippen LogP contribution in [-0.2, 0) is 12.8 Å². The zero-order chi connectivity index (χ0) is 26.0. The maximum Gasteiger partial charge on any atom is 0.201 e. The molecular weight excluding hydrogens is 462 g/mol. The highest BCUT2D eigenvalue weighted by Gasteiger charge is 2.20. The van der Waals surface area contributed by atoms with E-state index in [1.54, 1.807) is 6.07 Å². The van der Waals surface area contributed by atoms with Crippen LogP contribution in [0.3, 0.4) is 0 Å². The molecule has 1 aliphatic carbocycles. The molecule has 1 saturated carbocycles. The summed E-state index contributed by atoms with van der Waals surface area (Å²) >= 11 is 0. The zero-order valence-electron chi connectivity index (χ0n) is 22.3. The summed E-state index contributed by atoms with van der Waals surface area (Å²) in [6, 6.07) is 20.2. The number of rotatable bonds is 11. The van der Waals surface area contributed by atoms with Crippen LogP contribution in [0.4, 0.5) is 8.78 Å².